The Kier molecular flexibility index (Phi) is 7.16. The molecule has 12 aromatic rings. The van der Waals surface area contributed by atoms with Crippen LogP contribution in [0, 0.1) is 0 Å². The number of rotatable bonds is 5. The van der Waals surface area contributed by atoms with Crippen LogP contribution < -0.4 is 0 Å². The number of furan rings is 1. The van der Waals surface area contributed by atoms with Gasteiger partial charge in [-0.15, -0.1) is 0 Å². The summed E-state index contributed by atoms with van der Waals surface area (Å²) in [6.07, 6.45) is 0. The Balaban J connectivity index is 1.06. The molecule has 4 heterocycles. The molecule has 5 nitrogen and oxygen atoms in total. The maximum atomic E-state index is 6.40. The van der Waals surface area contributed by atoms with Crippen LogP contribution in [0.4, 0.5) is 0 Å². The molecule has 0 bridgehead atoms. The molecule has 4 aromatic heterocycles. The van der Waals surface area contributed by atoms with Crippen molar-refractivity contribution in [3.63, 3.8) is 0 Å². The smallest absolute Gasteiger partial charge is 0.235 e. The molecular formula is C53H32N4O. The van der Waals surface area contributed by atoms with Crippen molar-refractivity contribution in [1.29, 1.82) is 0 Å². The van der Waals surface area contributed by atoms with Gasteiger partial charge in [0.25, 0.3) is 0 Å². The first-order chi connectivity index (χ1) is 28.8. The average Bonchev–Trinajstić information content (AvgIpc) is 3.85. The summed E-state index contributed by atoms with van der Waals surface area (Å²) in [5.74, 6) is 0.634. The third-order valence-electron chi connectivity index (χ3n) is 11.4. The highest BCUT2D eigenvalue weighted by Crippen LogP contribution is 2.43. The van der Waals surface area contributed by atoms with E-state index in [2.05, 4.69) is 174 Å². The second-order valence-corrected chi connectivity index (χ2v) is 14.7. The van der Waals surface area contributed by atoms with E-state index in [1.807, 2.05) is 24.3 Å². The minimum atomic E-state index is 0.634. The number of pyridine rings is 1. The van der Waals surface area contributed by atoms with E-state index in [0.717, 1.165) is 99.5 Å². The zero-order chi connectivity index (χ0) is 38.2. The van der Waals surface area contributed by atoms with E-state index >= 15 is 0 Å². The largest absolute Gasteiger partial charge is 0.456 e. The topological polar surface area (TPSA) is 56.7 Å². The number of nitrogens with zero attached hydrogens (tertiary/aromatic N) is 4. The van der Waals surface area contributed by atoms with Crippen LogP contribution >= 0.6 is 0 Å². The van der Waals surface area contributed by atoms with Gasteiger partial charge in [0.1, 0.15) is 11.2 Å². The quantitative estimate of drug-likeness (QED) is 0.165. The molecule has 0 saturated carbocycles. The van der Waals surface area contributed by atoms with Gasteiger partial charge in [-0.25, -0.2) is 15.0 Å². The Bertz CT molecular complexity index is 3500. The Morgan fingerprint density at radius 3 is 1.64 bits per heavy atom. The van der Waals surface area contributed by atoms with E-state index in [4.69, 9.17) is 19.4 Å². The first kappa shape index (κ1) is 32.4. The van der Waals surface area contributed by atoms with Crippen LogP contribution in [-0.2, 0) is 0 Å². The second kappa shape index (κ2) is 12.8. The number of hydrogen-bond acceptors (Lipinski definition) is 4. The molecule has 12 rings (SSSR count). The molecule has 0 amide bonds. The van der Waals surface area contributed by atoms with Gasteiger partial charge in [0.15, 0.2) is 0 Å². The summed E-state index contributed by atoms with van der Waals surface area (Å²) < 4.78 is 8.59. The standard InChI is InChI=1S/C53H32N4O/c1-3-14-34(15-4-1)43-32-44(55-53(54-43)57-45-23-10-7-18-38(45)39-19-8-11-24-46(39)57)35-28-26-33(27-29-35)37-21-13-22-41-49-42(51(56-52(37)41)36-16-5-2-6-17-36)30-31-48-50(49)40-20-9-12-25-47(40)58-48/h1-32H. The SMILES string of the molecule is c1ccc(-c2cc(-c3ccc(-c4cccc5c4nc(-c4ccccc4)c4ccc6oc7ccccc7c6c45)cc3)nc(-n3c4ccccc4c4ccccc43)n2)cc1. The summed E-state index contributed by atoms with van der Waals surface area (Å²) in [7, 11) is 0. The van der Waals surface area contributed by atoms with Crippen molar-refractivity contribution in [3.8, 4) is 50.8 Å². The molecule has 5 heteroatoms. The Hall–Kier alpha value is -7.89. The van der Waals surface area contributed by atoms with Crippen LogP contribution in [0.5, 0.6) is 0 Å². The summed E-state index contributed by atoms with van der Waals surface area (Å²) >= 11 is 0. The van der Waals surface area contributed by atoms with Crippen LogP contribution in [0.25, 0.3) is 116 Å². The molecule has 58 heavy (non-hydrogen) atoms. The van der Waals surface area contributed by atoms with Gasteiger partial charge in [-0.05, 0) is 42.0 Å². The van der Waals surface area contributed by atoms with Crippen molar-refractivity contribution in [2.24, 2.45) is 0 Å². The van der Waals surface area contributed by atoms with E-state index in [0.29, 0.717) is 5.95 Å². The Morgan fingerprint density at radius 2 is 0.931 bits per heavy atom. The lowest BCUT2D eigenvalue weighted by atomic mass is 9.93. The highest BCUT2D eigenvalue weighted by atomic mass is 16.3. The summed E-state index contributed by atoms with van der Waals surface area (Å²) in [6, 6.07) is 67.7. The minimum Gasteiger partial charge on any atom is -0.456 e. The number of para-hydroxylation sites is 4. The van der Waals surface area contributed by atoms with Gasteiger partial charge in [0.05, 0.1) is 33.6 Å². The first-order valence-corrected chi connectivity index (χ1v) is 19.5. The fourth-order valence-corrected chi connectivity index (χ4v) is 8.78. The van der Waals surface area contributed by atoms with Crippen molar-refractivity contribution in [3.05, 3.63) is 194 Å². The zero-order valence-corrected chi connectivity index (χ0v) is 31.2. The summed E-state index contributed by atoms with van der Waals surface area (Å²) in [4.78, 5) is 16.0. The number of aromatic nitrogens is 4. The summed E-state index contributed by atoms with van der Waals surface area (Å²) in [5, 5.41) is 7.90. The molecule has 0 radical (unpaired) electrons. The van der Waals surface area contributed by atoms with Crippen LogP contribution in [0.3, 0.4) is 0 Å². The monoisotopic (exact) mass is 740 g/mol. The predicted octanol–water partition coefficient (Wildman–Crippen LogP) is 13.8. The van der Waals surface area contributed by atoms with Gasteiger partial charge >= 0.3 is 0 Å². The molecule has 270 valence electrons. The minimum absolute atomic E-state index is 0.634. The fourth-order valence-electron chi connectivity index (χ4n) is 8.78. The van der Waals surface area contributed by atoms with E-state index in [1.165, 1.54) is 10.8 Å². The van der Waals surface area contributed by atoms with E-state index in [-0.39, 0.29) is 0 Å². The molecule has 0 aliphatic carbocycles. The van der Waals surface area contributed by atoms with E-state index < -0.39 is 0 Å². The second-order valence-electron chi connectivity index (χ2n) is 14.7. The first-order valence-electron chi connectivity index (χ1n) is 19.5. The molecule has 0 spiro atoms. The third kappa shape index (κ3) is 5.00. The van der Waals surface area contributed by atoms with Crippen molar-refractivity contribution >= 4 is 65.4 Å². The van der Waals surface area contributed by atoms with Crippen LogP contribution in [0.2, 0.25) is 0 Å². The maximum Gasteiger partial charge on any atom is 0.235 e. The van der Waals surface area contributed by atoms with Gasteiger partial charge in [-0.1, -0.05) is 158 Å². The number of fused-ring (bicyclic) bond motifs is 10. The van der Waals surface area contributed by atoms with Crippen LogP contribution in [0.1, 0.15) is 0 Å². The fraction of sp³-hybridized carbons (Fsp3) is 0. The van der Waals surface area contributed by atoms with Gasteiger partial charge < -0.3 is 4.42 Å². The molecule has 0 unspecified atom stereocenters. The summed E-state index contributed by atoms with van der Waals surface area (Å²) in [5.41, 5.74) is 12.7. The third-order valence-corrected chi connectivity index (χ3v) is 11.4. The molecule has 0 atom stereocenters. The van der Waals surface area contributed by atoms with Crippen LogP contribution in [0.15, 0.2) is 199 Å². The van der Waals surface area contributed by atoms with Crippen LogP contribution in [-0.4, -0.2) is 19.5 Å². The lowest BCUT2D eigenvalue weighted by Crippen LogP contribution is -2.03. The number of hydrogen-bond donors (Lipinski definition) is 0. The van der Waals surface area contributed by atoms with Crippen molar-refractivity contribution in [2.75, 3.05) is 0 Å². The molecule has 0 fully saturated rings. The Morgan fingerprint density at radius 1 is 0.362 bits per heavy atom. The van der Waals surface area contributed by atoms with Gasteiger partial charge in [-0.3, -0.25) is 4.57 Å². The maximum absolute atomic E-state index is 6.40. The molecule has 0 aliphatic rings. The van der Waals surface area contributed by atoms with Crippen molar-refractivity contribution < 1.29 is 4.42 Å². The lowest BCUT2D eigenvalue weighted by molar-refractivity contribution is 0.669. The molecule has 0 aliphatic heterocycles. The lowest BCUT2D eigenvalue weighted by Gasteiger charge is -2.15. The van der Waals surface area contributed by atoms with Gasteiger partial charge in [0.2, 0.25) is 5.95 Å². The predicted molar refractivity (Wildman–Crippen MR) is 238 cm³/mol. The van der Waals surface area contributed by atoms with Crippen molar-refractivity contribution in [1.82, 2.24) is 19.5 Å². The molecule has 8 aromatic carbocycles. The highest BCUT2D eigenvalue weighted by Gasteiger charge is 2.20. The Labute approximate surface area is 333 Å². The van der Waals surface area contributed by atoms with Gasteiger partial charge in [-0.2, -0.15) is 0 Å². The molecular weight excluding hydrogens is 709 g/mol. The molecule has 0 N–H and O–H groups in total. The van der Waals surface area contributed by atoms with E-state index in [9.17, 15) is 0 Å². The van der Waals surface area contributed by atoms with Gasteiger partial charge in [0, 0.05) is 60.0 Å². The summed E-state index contributed by atoms with van der Waals surface area (Å²) in [6.45, 7) is 0. The highest BCUT2D eigenvalue weighted by molar-refractivity contribution is 6.29. The normalized spacial score (nSPS) is 11.8. The van der Waals surface area contributed by atoms with Crippen molar-refractivity contribution in [2.45, 2.75) is 0 Å². The van der Waals surface area contributed by atoms with E-state index in [1.54, 1.807) is 0 Å². The molecule has 0 saturated heterocycles. The average molecular weight is 741 g/mol. The zero-order valence-electron chi connectivity index (χ0n) is 31.2. The number of benzene rings is 8.